The molecule has 0 aliphatic heterocycles. The molecule has 14 rings (SSSR count). The number of hydrogen-bond acceptors (Lipinski definition) is 6. The minimum atomic E-state index is 0.508. The minimum absolute atomic E-state index is 0.508. The molecule has 0 radical (unpaired) electrons. The second-order valence-corrected chi connectivity index (χ2v) is 18.3. The first-order chi connectivity index (χ1) is 36.7. The van der Waals surface area contributed by atoms with E-state index in [9.17, 15) is 0 Å². The van der Waals surface area contributed by atoms with E-state index in [-0.39, 0.29) is 0 Å². The third kappa shape index (κ3) is 7.48. The number of hydrogen-bond donors (Lipinski definition) is 0. The highest BCUT2D eigenvalue weighted by molar-refractivity contribution is 6.26. The van der Waals surface area contributed by atoms with Gasteiger partial charge in [0.15, 0.2) is 29.1 Å². The third-order valence-electron chi connectivity index (χ3n) is 13.8. The van der Waals surface area contributed by atoms with Crippen LogP contribution in [0.5, 0.6) is 0 Å². The van der Waals surface area contributed by atoms with Gasteiger partial charge in [0.05, 0.1) is 22.1 Å². The van der Waals surface area contributed by atoms with Crippen LogP contribution in [0, 0.1) is 0 Å². The average Bonchev–Trinajstić information content (AvgIpc) is 4.01. The minimum Gasteiger partial charge on any atom is -0.309 e. The van der Waals surface area contributed by atoms with Gasteiger partial charge in [0.25, 0.3) is 0 Å². The summed E-state index contributed by atoms with van der Waals surface area (Å²) in [4.78, 5) is 31.4. The Morgan fingerprint density at radius 1 is 0.230 bits per heavy atom. The Hall–Kier alpha value is -10.2. The maximum atomic E-state index is 5.45. The summed E-state index contributed by atoms with van der Waals surface area (Å²) < 4.78 is 4.61. The fraction of sp³-hybridized carbons (Fsp3) is 0. The highest BCUT2D eigenvalue weighted by Crippen LogP contribution is 2.42. The van der Waals surface area contributed by atoms with Gasteiger partial charge in [-0.1, -0.05) is 212 Å². The molecule has 8 heteroatoms. The zero-order valence-corrected chi connectivity index (χ0v) is 39.8. The van der Waals surface area contributed by atoms with E-state index < -0.39 is 0 Å². The predicted molar refractivity (Wildman–Crippen MR) is 300 cm³/mol. The second kappa shape index (κ2) is 17.9. The van der Waals surface area contributed by atoms with Gasteiger partial charge in [-0.15, -0.1) is 0 Å². The van der Waals surface area contributed by atoms with Gasteiger partial charge in [0.2, 0.25) is 5.95 Å². The lowest BCUT2D eigenvalue weighted by atomic mass is 10.0. The molecule has 0 saturated carbocycles. The molecule has 14 aromatic rings. The lowest BCUT2D eigenvalue weighted by Crippen LogP contribution is -2.06. The SMILES string of the molecule is c1ccc(-c2ccc(-n3c4ccccc4c4c3ccc3c5ccccc5n(-c5nc(-c6ccccc6)nc(-c6cccc(-c7nc(-c8ccccc8)nc(-c8cccc(-c9ccccc9)c8)n7)c6)n5)c34)cc2)cc1. The van der Waals surface area contributed by atoms with Gasteiger partial charge in [-0.2, -0.15) is 9.97 Å². The van der Waals surface area contributed by atoms with Crippen molar-refractivity contribution in [1.82, 2.24) is 39.0 Å². The van der Waals surface area contributed by atoms with E-state index in [1.807, 2.05) is 84.9 Å². The Balaban J connectivity index is 0.962. The number of rotatable bonds is 9. The fourth-order valence-electron chi connectivity index (χ4n) is 10.4. The van der Waals surface area contributed by atoms with E-state index in [0.29, 0.717) is 35.1 Å². The molecule has 4 heterocycles. The Morgan fingerprint density at radius 3 is 1.19 bits per heavy atom. The molecule has 0 bridgehead atoms. The van der Waals surface area contributed by atoms with Crippen molar-refractivity contribution < 1.29 is 0 Å². The highest BCUT2D eigenvalue weighted by Gasteiger charge is 2.24. The first-order valence-corrected chi connectivity index (χ1v) is 24.7. The van der Waals surface area contributed by atoms with E-state index in [1.54, 1.807) is 0 Å². The largest absolute Gasteiger partial charge is 0.309 e. The molecule has 0 aliphatic rings. The molecule has 0 unspecified atom stereocenters. The van der Waals surface area contributed by atoms with Crippen LogP contribution < -0.4 is 0 Å². The molecule has 74 heavy (non-hydrogen) atoms. The van der Waals surface area contributed by atoms with E-state index in [2.05, 4.69) is 179 Å². The van der Waals surface area contributed by atoms with Crippen molar-refractivity contribution in [1.29, 1.82) is 0 Å². The van der Waals surface area contributed by atoms with Gasteiger partial charge in [0, 0.05) is 55.0 Å². The number of para-hydroxylation sites is 2. The highest BCUT2D eigenvalue weighted by atomic mass is 15.2. The lowest BCUT2D eigenvalue weighted by Gasteiger charge is -2.13. The molecule has 8 nitrogen and oxygen atoms in total. The lowest BCUT2D eigenvalue weighted by molar-refractivity contribution is 0.955. The van der Waals surface area contributed by atoms with Crippen LogP contribution in [0.3, 0.4) is 0 Å². The van der Waals surface area contributed by atoms with Crippen LogP contribution in [0.25, 0.3) is 134 Å². The number of aromatic nitrogens is 8. The van der Waals surface area contributed by atoms with Crippen LogP contribution in [0.2, 0.25) is 0 Å². The standard InChI is InChI=1S/C66H42N8/c1-5-19-43(20-6-1)45-35-37-52(38-36-45)73-57-34-16-14-32-55(57)59-58(73)40-39-54-53-31-13-15-33-56(53)74(60(54)59)66-71-62(47-25-11-4-12-26-47)69-65(72-66)51-30-18-29-50(42-51)64-68-61(46-23-9-3-10-24-46)67-63(70-64)49-28-17-27-48(41-49)44-21-7-2-8-22-44/h1-42H. The summed E-state index contributed by atoms with van der Waals surface area (Å²) in [6.45, 7) is 0. The van der Waals surface area contributed by atoms with Crippen LogP contribution in [0.4, 0.5) is 0 Å². The van der Waals surface area contributed by atoms with Crippen molar-refractivity contribution in [3.63, 3.8) is 0 Å². The molecule has 4 aromatic heterocycles. The molecule has 10 aromatic carbocycles. The zero-order chi connectivity index (χ0) is 49.0. The summed E-state index contributed by atoms with van der Waals surface area (Å²) in [6.07, 6.45) is 0. The van der Waals surface area contributed by atoms with Gasteiger partial charge in [-0.25, -0.2) is 19.9 Å². The van der Waals surface area contributed by atoms with Gasteiger partial charge in [0.1, 0.15) is 0 Å². The van der Waals surface area contributed by atoms with E-state index in [4.69, 9.17) is 29.9 Å². The van der Waals surface area contributed by atoms with Crippen molar-refractivity contribution >= 4 is 43.6 Å². The van der Waals surface area contributed by atoms with Crippen molar-refractivity contribution in [3.05, 3.63) is 255 Å². The predicted octanol–water partition coefficient (Wildman–Crippen LogP) is 15.9. The third-order valence-corrected chi connectivity index (χ3v) is 13.8. The first-order valence-electron chi connectivity index (χ1n) is 24.7. The molecule has 346 valence electrons. The quantitative estimate of drug-likeness (QED) is 0.143. The molecule has 0 atom stereocenters. The van der Waals surface area contributed by atoms with Crippen molar-refractivity contribution in [2.45, 2.75) is 0 Å². The van der Waals surface area contributed by atoms with Crippen molar-refractivity contribution in [2.75, 3.05) is 0 Å². The van der Waals surface area contributed by atoms with E-state index >= 15 is 0 Å². The van der Waals surface area contributed by atoms with E-state index in [1.165, 1.54) is 11.1 Å². The summed E-state index contributed by atoms with van der Waals surface area (Å²) >= 11 is 0. The molecule has 0 amide bonds. The number of nitrogens with zero attached hydrogens (tertiary/aromatic N) is 8. The van der Waals surface area contributed by atoms with Gasteiger partial charge in [-0.3, -0.25) is 4.57 Å². The summed E-state index contributed by atoms with van der Waals surface area (Å²) in [5.41, 5.74) is 14.1. The fourth-order valence-corrected chi connectivity index (χ4v) is 10.4. The zero-order valence-electron chi connectivity index (χ0n) is 39.8. The molecular formula is C66H42N8. The topological polar surface area (TPSA) is 87.2 Å². The monoisotopic (exact) mass is 946 g/mol. The van der Waals surface area contributed by atoms with Gasteiger partial charge >= 0.3 is 0 Å². The normalized spacial score (nSPS) is 11.5. The average molecular weight is 947 g/mol. The summed E-state index contributed by atoms with van der Waals surface area (Å²) in [6, 6.07) is 88.2. The molecule has 0 N–H and O–H groups in total. The summed E-state index contributed by atoms with van der Waals surface area (Å²) in [7, 11) is 0. The smallest absolute Gasteiger partial charge is 0.238 e. The Bertz CT molecular complexity index is 4400. The van der Waals surface area contributed by atoms with E-state index in [0.717, 1.165) is 88.2 Å². The molecule has 0 saturated heterocycles. The molecular weight excluding hydrogens is 905 g/mol. The number of fused-ring (bicyclic) bond motifs is 7. The summed E-state index contributed by atoms with van der Waals surface area (Å²) in [5.74, 6) is 3.28. The first kappa shape index (κ1) is 42.7. The van der Waals surface area contributed by atoms with Crippen LogP contribution in [0.1, 0.15) is 0 Å². The van der Waals surface area contributed by atoms with Crippen LogP contribution in [-0.4, -0.2) is 39.0 Å². The van der Waals surface area contributed by atoms with Gasteiger partial charge in [-0.05, 0) is 64.7 Å². The molecule has 0 aliphatic carbocycles. The van der Waals surface area contributed by atoms with Crippen LogP contribution in [0.15, 0.2) is 255 Å². The second-order valence-electron chi connectivity index (χ2n) is 18.3. The molecule has 0 spiro atoms. The maximum Gasteiger partial charge on any atom is 0.238 e. The number of benzene rings is 10. The maximum absolute atomic E-state index is 5.45. The Kier molecular flexibility index (Phi) is 10.3. The molecule has 0 fully saturated rings. The summed E-state index contributed by atoms with van der Waals surface area (Å²) in [5, 5.41) is 4.46. The van der Waals surface area contributed by atoms with Gasteiger partial charge < -0.3 is 4.57 Å². The van der Waals surface area contributed by atoms with Crippen molar-refractivity contribution in [2.24, 2.45) is 0 Å². The Labute approximate surface area is 426 Å². The Morgan fingerprint density at radius 2 is 0.622 bits per heavy atom. The van der Waals surface area contributed by atoms with Crippen molar-refractivity contribution in [3.8, 4) is 90.8 Å². The van der Waals surface area contributed by atoms with Crippen LogP contribution in [-0.2, 0) is 0 Å². The van der Waals surface area contributed by atoms with Crippen LogP contribution >= 0.6 is 0 Å².